The van der Waals surface area contributed by atoms with Crippen molar-refractivity contribution in [1.29, 1.82) is 0 Å². The molecular formula is C12H16OS2. The van der Waals surface area contributed by atoms with Crippen molar-refractivity contribution < 1.29 is 4.21 Å². The van der Waals surface area contributed by atoms with Crippen LogP contribution < -0.4 is 0 Å². The molecule has 0 N–H and O–H groups in total. The van der Waals surface area contributed by atoms with E-state index < -0.39 is 10.8 Å². The molecule has 1 fully saturated rings. The van der Waals surface area contributed by atoms with Gasteiger partial charge in [-0.25, -0.2) is 0 Å². The normalized spacial score (nSPS) is 28.6. The van der Waals surface area contributed by atoms with Crippen LogP contribution in [0.3, 0.4) is 0 Å². The summed E-state index contributed by atoms with van der Waals surface area (Å²) in [5.41, 5.74) is 1.31. The quantitative estimate of drug-likeness (QED) is 0.790. The molecule has 1 nitrogen and oxygen atoms in total. The highest BCUT2D eigenvalue weighted by Gasteiger charge is 2.27. The van der Waals surface area contributed by atoms with E-state index in [0.717, 1.165) is 17.9 Å². The maximum absolute atomic E-state index is 11.9. The Morgan fingerprint density at radius 2 is 2.13 bits per heavy atom. The lowest BCUT2D eigenvalue weighted by Crippen LogP contribution is -2.25. The van der Waals surface area contributed by atoms with E-state index in [1.54, 1.807) is 0 Å². The van der Waals surface area contributed by atoms with Gasteiger partial charge in [0.05, 0.1) is 4.58 Å². The van der Waals surface area contributed by atoms with Crippen molar-refractivity contribution in [2.24, 2.45) is 0 Å². The largest absolute Gasteiger partial charge is 0.258 e. The van der Waals surface area contributed by atoms with Crippen LogP contribution in [0.1, 0.15) is 24.8 Å². The third-order valence-electron chi connectivity index (χ3n) is 2.76. The Bertz CT molecular complexity index is 337. The molecule has 15 heavy (non-hydrogen) atoms. The summed E-state index contributed by atoms with van der Waals surface area (Å²) in [5, 5.41) is 0. The van der Waals surface area contributed by atoms with Crippen molar-refractivity contribution in [3.8, 4) is 0 Å². The Balaban J connectivity index is 2.13. The average Bonchev–Trinajstić information content (AvgIpc) is 2.30. The van der Waals surface area contributed by atoms with Crippen molar-refractivity contribution in [3.05, 3.63) is 35.9 Å². The Kier molecular flexibility index (Phi) is 3.87. The topological polar surface area (TPSA) is 17.1 Å². The SMILES string of the molecule is CC(c1ccccc1)C1SCCCS1=O. The van der Waals surface area contributed by atoms with E-state index in [1.165, 1.54) is 5.56 Å². The number of hydrogen-bond acceptors (Lipinski definition) is 2. The molecule has 0 bridgehead atoms. The number of benzene rings is 1. The van der Waals surface area contributed by atoms with Crippen LogP contribution in [-0.4, -0.2) is 20.3 Å². The van der Waals surface area contributed by atoms with Gasteiger partial charge in [-0.05, 0) is 17.7 Å². The Labute approximate surface area is 98.1 Å². The number of thioether (sulfide) groups is 1. The van der Waals surface area contributed by atoms with E-state index in [9.17, 15) is 4.21 Å². The molecule has 1 saturated heterocycles. The minimum atomic E-state index is -0.646. The highest BCUT2D eigenvalue weighted by atomic mass is 32.2. The summed E-state index contributed by atoms with van der Waals surface area (Å²) < 4.78 is 12.2. The molecule has 3 heteroatoms. The summed E-state index contributed by atoms with van der Waals surface area (Å²) in [5.74, 6) is 2.44. The molecule has 1 heterocycles. The van der Waals surface area contributed by atoms with Gasteiger partial charge in [0, 0.05) is 22.5 Å². The first kappa shape index (κ1) is 11.2. The molecule has 3 atom stereocenters. The van der Waals surface area contributed by atoms with Crippen molar-refractivity contribution in [2.75, 3.05) is 11.5 Å². The molecule has 1 aliphatic rings. The summed E-state index contributed by atoms with van der Waals surface area (Å²) in [6.45, 7) is 2.19. The van der Waals surface area contributed by atoms with Gasteiger partial charge in [0.2, 0.25) is 0 Å². The first-order valence-corrected chi connectivity index (χ1v) is 7.76. The summed E-state index contributed by atoms with van der Waals surface area (Å²) in [4.78, 5) is 0. The summed E-state index contributed by atoms with van der Waals surface area (Å²) >= 11 is 1.87. The highest BCUT2D eigenvalue weighted by Crippen LogP contribution is 2.34. The Morgan fingerprint density at radius 3 is 2.80 bits per heavy atom. The van der Waals surface area contributed by atoms with E-state index in [4.69, 9.17) is 0 Å². The molecule has 0 spiro atoms. The van der Waals surface area contributed by atoms with Crippen molar-refractivity contribution >= 4 is 22.6 Å². The van der Waals surface area contributed by atoms with Gasteiger partial charge >= 0.3 is 0 Å². The standard InChI is InChI=1S/C12H16OS2/c1-10(11-6-3-2-4-7-11)12-14-8-5-9-15(12)13/h2-4,6-7,10,12H,5,8-9H2,1H3. The number of rotatable bonds is 2. The van der Waals surface area contributed by atoms with Crippen LogP contribution in [0.4, 0.5) is 0 Å². The third-order valence-corrected chi connectivity index (χ3v) is 6.70. The van der Waals surface area contributed by atoms with Crippen LogP contribution in [0.25, 0.3) is 0 Å². The van der Waals surface area contributed by atoms with Gasteiger partial charge in [-0.2, -0.15) is 0 Å². The molecule has 1 aromatic carbocycles. The van der Waals surface area contributed by atoms with Crippen LogP contribution in [-0.2, 0) is 10.8 Å². The van der Waals surface area contributed by atoms with E-state index >= 15 is 0 Å². The highest BCUT2D eigenvalue weighted by molar-refractivity contribution is 8.11. The van der Waals surface area contributed by atoms with Crippen LogP contribution >= 0.6 is 11.8 Å². The molecule has 0 radical (unpaired) electrons. The second kappa shape index (κ2) is 5.17. The summed E-state index contributed by atoms with van der Waals surface area (Å²) in [6, 6.07) is 10.4. The lowest BCUT2D eigenvalue weighted by Gasteiger charge is -2.26. The van der Waals surface area contributed by atoms with Crippen molar-refractivity contribution in [1.82, 2.24) is 0 Å². The minimum absolute atomic E-state index is 0.293. The maximum atomic E-state index is 11.9. The lowest BCUT2D eigenvalue weighted by molar-refractivity contribution is 0.670. The fraction of sp³-hybridized carbons (Fsp3) is 0.500. The van der Waals surface area contributed by atoms with Gasteiger partial charge in [0.25, 0.3) is 0 Å². The monoisotopic (exact) mass is 240 g/mol. The zero-order valence-electron chi connectivity index (χ0n) is 8.89. The predicted octanol–water partition coefficient (Wildman–Crippen LogP) is 3.00. The first-order chi connectivity index (χ1) is 7.29. The van der Waals surface area contributed by atoms with Crippen molar-refractivity contribution in [3.63, 3.8) is 0 Å². The smallest absolute Gasteiger partial charge is 0.0866 e. The molecule has 2 rings (SSSR count). The third kappa shape index (κ3) is 2.64. The second-order valence-electron chi connectivity index (χ2n) is 3.88. The van der Waals surface area contributed by atoms with E-state index in [0.29, 0.717) is 10.5 Å². The first-order valence-electron chi connectivity index (χ1n) is 5.33. The fourth-order valence-corrected chi connectivity index (χ4v) is 5.51. The van der Waals surface area contributed by atoms with Gasteiger partial charge in [-0.15, -0.1) is 11.8 Å². The van der Waals surface area contributed by atoms with Gasteiger partial charge in [-0.3, -0.25) is 4.21 Å². The average molecular weight is 240 g/mol. The zero-order chi connectivity index (χ0) is 10.7. The lowest BCUT2D eigenvalue weighted by atomic mass is 10.0. The van der Waals surface area contributed by atoms with Gasteiger partial charge in [-0.1, -0.05) is 37.3 Å². The minimum Gasteiger partial charge on any atom is -0.258 e. The van der Waals surface area contributed by atoms with Crippen LogP contribution in [0.2, 0.25) is 0 Å². The maximum Gasteiger partial charge on any atom is 0.0866 e. The molecule has 1 aromatic rings. The molecule has 1 aliphatic heterocycles. The molecular weight excluding hydrogens is 224 g/mol. The summed E-state index contributed by atoms with van der Waals surface area (Å²) in [7, 11) is -0.646. The molecule has 0 amide bonds. The van der Waals surface area contributed by atoms with Gasteiger partial charge in [0.15, 0.2) is 0 Å². The van der Waals surface area contributed by atoms with Crippen LogP contribution in [0, 0.1) is 0 Å². The second-order valence-corrected chi connectivity index (χ2v) is 7.10. The number of hydrogen-bond donors (Lipinski definition) is 0. The molecule has 0 saturated carbocycles. The summed E-state index contributed by atoms with van der Waals surface area (Å²) in [6.07, 6.45) is 1.11. The van der Waals surface area contributed by atoms with Crippen molar-refractivity contribution in [2.45, 2.75) is 23.8 Å². The molecule has 0 aromatic heterocycles. The van der Waals surface area contributed by atoms with Gasteiger partial charge < -0.3 is 0 Å². The van der Waals surface area contributed by atoms with Crippen LogP contribution in [0.15, 0.2) is 30.3 Å². The molecule has 3 unspecified atom stereocenters. The molecule has 82 valence electrons. The Hall–Kier alpha value is -0.280. The fourth-order valence-electron chi connectivity index (χ4n) is 1.88. The zero-order valence-corrected chi connectivity index (χ0v) is 10.5. The van der Waals surface area contributed by atoms with E-state index in [1.807, 2.05) is 17.8 Å². The molecule has 0 aliphatic carbocycles. The van der Waals surface area contributed by atoms with Crippen LogP contribution in [0.5, 0.6) is 0 Å². The van der Waals surface area contributed by atoms with E-state index in [2.05, 4.69) is 31.2 Å². The van der Waals surface area contributed by atoms with E-state index in [-0.39, 0.29) is 0 Å². The van der Waals surface area contributed by atoms with Gasteiger partial charge in [0.1, 0.15) is 0 Å². The predicted molar refractivity (Wildman–Crippen MR) is 68.7 cm³/mol. The Morgan fingerprint density at radius 1 is 1.40 bits per heavy atom.